The summed E-state index contributed by atoms with van der Waals surface area (Å²) in [5.74, 6) is 0.235. The highest BCUT2D eigenvalue weighted by molar-refractivity contribution is 5.93. The molecule has 2 fully saturated rings. The lowest BCUT2D eigenvalue weighted by atomic mass is 9.71. The Balaban J connectivity index is 1.28. The first-order chi connectivity index (χ1) is 19.3. The van der Waals surface area contributed by atoms with Crippen LogP contribution in [0, 0.1) is 5.92 Å². The van der Waals surface area contributed by atoms with Crippen molar-refractivity contribution in [3.05, 3.63) is 72.4 Å². The van der Waals surface area contributed by atoms with Crippen LogP contribution in [0.2, 0.25) is 0 Å². The van der Waals surface area contributed by atoms with E-state index >= 15 is 0 Å². The normalized spacial score (nSPS) is 24.1. The van der Waals surface area contributed by atoms with Crippen molar-refractivity contribution in [2.45, 2.75) is 62.7 Å². The van der Waals surface area contributed by atoms with Crippen LogP contribution in [0.4, 0.5) is 14.9 Å². The van der Waals surface area contributed by atoms with Gasteiger partial charge in [0, 0.05) is 49.0 Å². The quantitative estimate of drug-likeness (QED) is 0.365. The highest BCUT2D eigenvalue weighted by Crippen LogP contribution is 2.42. The van der Waals surface area contributed by atoms with Crippen LogP contribution in [-0.2, 0) is 15.1 Å². The number of alkyl halides is 1. The lowest BCUT2D eigenvalue weighted by Gasteiger charge is -2.41. The minimum absolute atomic E-state index is 0.0393. The largest absolute Gasteiger partial charge is 0.453 e. The summed E-state index contributed by atoms with van der Waals surface area (Å²) < 4.78 is 18.3. The standard InChI is InChI=1S/C32H37FN4O3/c1-37(31(39)40-2)27-14-8-21(9-15-27)16-29(38)36-26-17-28(22-6-4-3-5-7-22)30(35-20-26)23-10-12-24(13-11-23)32(34)18-25(33)19-32/h3-7,10-13,17,20-21,25,27H,8-9,14-16,18-19,34H2,1-2H3,(H,36,38)/t21?,25-,27?,32-. The summed E-state index contributed by atoms with van der Waals surface area (Å²) in [7, 11) is 3.16. The topological polar surface area (TPSA) is 97.5 Å². The summed E-state index contributed by atoms with van der Waals surface area (Å²) in [4.78, 5) is 31.2. The Morgan fingerprint density at radius 3 is 2.35 bits per heavy atom. The molecule has 1 heterocycles. The molecule has 7 nitrogen and oxygen atoms in total. The Labute approximate surface area is 234 Å². The van der Waals surface area contributed by atoms with Gasteiger partial charge in [-0.1, -0.05) is 54.6 Å². The molecule has 0 saturated heterocycles. The molecule has 0 bridgehead atoms. The number of nitrogens with zero attached hydrogens (tertiary/aromatic N) is 2. The van der Waals surface area contributed by atoms with Crippen molar-refractivity contribution in [2.24, 2.45) is 11.7 Å². The van der Waals surface area contributed by atoms with Gasteiger partial charge in [0.25, 0.3) is 0 Å². The van der Waals surface area contributed by atoms with Gasteiger partial charge >= 0.3 is 6.09 Å². The Kier molecular flexibility index (Phi) is 8.17. The molecule has 2 amide bonds. The number of carbonyl (C=O) groups excluding carboxylic acids is 2. The van der Waals surface area contributed by atoms with Crippen LogP contribution in [0.1, 0.15) is 50.5 Å². The van der Waals surface area contributed by atoms with Crippen molar-refractivity contribution in [1.82, 2.24) is 9.88 Å². The zero-order valence-electron chi connectivity index (χ0n) is 23.1. The van der Waals surface area contributed by atoms with E-state index in [4.69, 9.17) is 15.5 Å². The van der Waals surface area contributed by atoms with E-state index in [1.165, 1.54) is 7.11 Å². The summed E-state index contributed by atoms with van der Waals surface area (Å²) >= 11 is 0. The van der Waals surface area contributed by atoms with Crippen LogP contribution in [0.5, 0.6) is 0 Å². The van der Waals surface area contributed by atoms with Crippen LogP contribution < -0.4 is 11.1 Å². The Morgan fingerprint density at radius 1 is 1.05 bits per heavy atom. The number of nitrogens with one attached hydrogen (secondary N) is 1. The predicted molar refractivity (Wildman–Crippen MR) is 154 cm³/mol. The van der Waals surface area contributed by atoms with E-state index < -0.39 is 11.7 Å². The summed E-state index contributed by atoms with van der Waals surface area (Å²) in [6, 6.07) is 20.0. The fraction of sp³-hybridized carbons (Fsp3) is 0.406. The molecule has 5 rings (SSSR count). The van der Waals surface area contributed by atoms with Crippen LogP contribution in [0.25, 0.3) is 22.4 Å². The molecule has 0 unspecified atom stereocenters. The lowest BCUT2D eigenvalue weighted by Crippen LogP contribution is -2.50. The maximum Gasteiger partial charge on any atom is 0.409 e. The molecule has 1 aromatic heterocycles. The number of aromatic nitrogens is 1. The number of hydrogen-bond donors (Lipinski definition) is 2. The summed E-state index contributed by atoms with van der Waals surface area (Å²) in [6.07, 6.45) is 5.16. The molecule has 210 valence electrons. The molecule has 8 heteroatoms. The van der Waals surface area contributed by atoms with E-state index in [2.05, 4.69) is 5.32 Å². The van der Waals surface area contributed by atoms with Gasteiger partial charge in [0.15, 0.2) is 0 Å². The third-order valence-corrected chi connectivity index (χ3v) is 8.46. The smallest absolute Gasteiger partial charge is 0.409 e. The number of pyridine rings is 1. The molecular formula is C32H37FN4O3. The van der Waals surface area contributed by atoms with Gasteiger partial charge in [-0.15, -0.1) is 0 Å². The first-order valence-electron chi connectivity index (χ1n) is 14.0. The number of benzene rings is 2. The maximum atomic E-state index is 13.5. The van der Waals surface area contributed by atoms with Crippen LogP contribution in [-0.4, -0.2) is 48.3 Å². The van der Waals surface area contributed by atoms with Gasteiger partial charge in [0.2, 0.25) is 5.91 Å². The van der Waals surface area contributed by atoms with Crippen molar-refractivity contribution < 1.29 is 18.7 Å². The van der Waals surface area contributed by atoms with E-state index in [9.17, 15) is 14.0 Å². The molecule has 2 aromatic carbocycles. The van der Waals surface area contributed by atoms with Crippen molar-refractivity contribution in [3.8, 4) is 22.4 Å². The van der Waals surface area contributed by atoms with Crippen molar-refractivity contribution in [1.29, 1.82) is 0 Å². The molecule has 0 atom stereocenters. The van der Waals surface area contributed by atoms with Crippen LogP contribution >= 0.6 is 0 Å². The van der Waals surface area contributed by atoms with Crippen molar-refractivity contribution in [2.75, 3.05) is 19.5 Å². The third-order valence-electron chi connectivity index (χ3n) is 8.46. The second kappa shape index (κ2) is 11.8. The molecule has 3 aromatic rings. The number of rotatable bonds is 7. The summed E-state index contributed by atoms with van der Waals surface area (Å²) in [5.41, 5.74) is 11.0. The lowest BCUT2D eigenvalue weighted by molar-refractivity contribution is -0.117. The van der Waals surface area contributed by atoms with E-state index in [0.29, 0.717) is 24.9 Å². The minimum Gasteiger partial charge on any atom is -0.453 e. The first-order valence-corrected chi connectivity index (χ1v) is 14.0. The van der Waals surface area contributed by atoms with Gasteiger partial charge in [-0.05, 0) is 48.8 Å². The number of methoxy groups -OCH3 is 1. The molecule has 2 aliphatic carbocycles. The molecule has 40 heavy (non-hydrogen) atoms. The molecule has 2 saturated carbocycles. The van der Waals surface area contributed by atoms with Gasteiger partial charge in [-0.2, -0.15) is 0 Å². The number of nitrogens with two attached hydrogens (primary N) is 1. The van der Waals surface area contributed by atoms with Crippen LogP contribution in [0.15, 0.2) is 66.9 Å². The summed E-state index contributed by atoms with van der Waals surface area (Å²) in [5, 5.41) is 3.05. The zero-order valence-corrected chi connectivity index (χ0v) is 23.1. The Hall–Kier alpha value is -3.78. The first kappa shape index (κ1) is 27.8. The van der Waals surface area contributed by atoms with E-state index in [1.807, 2.05) is 60.7 Å². The molecular weight excluding hydrogens is 507 g/mol. The number of halogens is 1. The maximum absolute atomic E-state index is 13.5. The zero-order chi connectivity index (χ0) is 28.3. The van der Waals surface area contributed by atoms with Crippen molar-refractivity contribution >= 4 is 17.7 Å². The molecule has 2 aliphatic rings. The Bertz CT molecular complexity index is 1330. The number of carbonyl (C=O) groups is 2. The number of hydrogen-bond acceptors (Lipinski definition) is 5. The second-order valence-corrected chi connectivity index (χ2v) is 11.2. The average molecular weight is 545 g/mol. The minimum atomic E-state index is -0.831. The molecule has 0 radical (unpaired) electrons. The fourth-order valence-corrected chi connectivity index (χ4v) is 6.03. The van der Waals surface area contributed by atoms with Gasteiger partial charge < -0.3 is 20.7 Å². The van der Waals surface area contributed by atoms with Gasteiger partial charge in [-0.3, -0.25) is 9.78 Å². The van der Waals surface area contributed by atoms with Gasteiger partial charge in [0.1, 0.15) is 6.17 Å². The number of ether oxygens (including phenoxy) is 1. The van der Waals surface area contributed by atoms with E-state index in [1.54, 1.807) is 18.1 Å². The molecule has 0 aliphatic heterocycles. The van der Waals surface area contributed by atoms with Gasteiger partial charge in [0.05, 0.1) is 24.7 Å². The van der Waals surface area contributed by atoms with Crippen molar-refractivity contribution in [3.63, 3.8) is 0 Å². The molecule has 0 spiro atoms. The van der Waals surface area contributed by atoms with E-state index in [-0.39, 0.29) is 24.0 Å². The SMILES string of the molecule is COC(=O)N(C)C1CCC(CC(=O)Nc2cnc(-c3ccc([C@]4(N)C[C@H](F)C4)cc3)c(-c3ccccc3)c2)CC1. The third kappa shape index (κ3) is 6.02. The Morgan fingerprint density at radius 2 is 1.73 bits per heavy atom. The second-order valence-electron chi connectivity index (χ2n) is 11.2. The van der Waals surface area contributed by atoms with Gasteiger partial charge in [-0.25, -0.2) is 9.18 Å². The monoisotopic (exact) mass is 544 g/mol. The fourth-order valence-electron chi connectivity index (χ4n) is 6.03. The number of anilines is 1. The molecule has 3 N–H and O–H groups in total. The number of amides is 2. The summed E-state index contributed by atoms with van der Waals surface area (Å²) in [6.45, 7) is 0. The average Bonchev–Trinajstić information content (AvgIpc) is 2.96. The van der Waals surface area contributed by atoms with E-state index in [0.717, 1.165) is 53.6 Å². The van der Waals surface area contributed by atoms with Crippen LogP contribution in [0.3, 0.4) is 0 Å². The highest BCUT2D eigenvalue weighted by Gasteiger charge is 2.42. The highest BCUT2D eigenvalue weighted by atomic mass is 19.1. The predicted octanol–water partition coefficient (Wildman–Crippen LogP) is 6.29.